The lowest BCUT2D eigenvalue weighted by atomic mass is 10.0. The number of ether oxygens (including phenoxy) is 1. The van der Waals surface area contributed by atoms with Gasteiger partial charge in [-0.15, -0.1) is 0 Å². The number of carbonyl (C=O) groups is 1. The molecule has 1 amide bonds. The van der Waals surface area contributed by atoms with E-state index in [0.29, 0.717) is 48.0 Å². The van der Waals surface area contributed by atoms with Crippen molar-refractivity contribution in [3.8, 4) is 28.7 Å². The third-order valence-corrected chi connectivity index (χ3v) is 6.30. The fourth-order valence-corrected chi connectivity index (χ4v) is 4.26. The first-order valence-corrected chi connectivity index (χ1v) is 11.8. The van der Waals surface area contributed by atoms with Gasteiger partial charge < -0.3 is 14.5 Å². The lowest BCUT2D eigenvalue weighted by Crippen LogP contribution is -2.55. The second kappa shape index (κ2) is 10.00. The van der Waals surface area contributed by atoms with Crippen LogP contribution in [-0.4, -0.2) is 68.9 Å². The first kappa shape index (κ1) is 23.8. The third kappa shape index (κ3) is 4.77. The van der Waals surface area contributed by atoms with Crippen LogP contribution in [0.1, 0.15) is 24.2 Å². The fraction of sp³-hybridized carbons (Fsp3) is 0.308. The molecule has 0 radical (unpaired) electrons. The van der Waals surface area contributed by atoms with Crippen molar-refractivity contribution in [2.45, 2.75) is 19.4 Å². The first-order chi connectivity index (χ1) is 17.4. The van der Waals surface area contributed by atoms with Gasteiger partial charge in [-0.25, -0.2) is 14.4 Å². The molecule has 4 heterocycles. The van der Waals surface area contributed by atoms with Crippen molar-refractivity contribution in [2.24, 2.45) is 0 Å². The summed E-state index contributed by atoms with van der Waals surface area (Å²) < 4.78 is 26.9. The van der Waals surface area contributed by atoms with Gasteiger partial charge >= 0.3 is 0 Å². The Labute approximate surface area is 207 Å². The van der Waals surface area contributed by atoms with Gasteiger partial charge in [0.1, 0.15) is 11.5 Å². The average molecular weight is 491 g/mol. The monoisotopic (exact) mass is 490 g/mol. The Morgan fingerprint density at radius 2 is 1.94 bits per heavy atom. The van der Waals surface area contributed by atoms with Crippen LogP contribution in [0.3, 0.4) is 0 Å². The Kier molecular flexibility index (Phi) is 6.62. The van der Waals surface area contributed by atoms with E-state index in [9.17, 15) is 9.18 Å². The van der Waals surface area contributed by atoms with Crippen LogP contribution in [0.2, 0.25) is 0 Å². The minimum absolute atomic E-state index is 0.190. The van der Waals surface area contributed by atoms with Crippen molar-refractivity contribution >= 4 is 5.91 Å². The molecule has 1 saturated heterocycles. The third-order valence-electron chi connectivity index (χ3n) is 6.30. The van der Waals surface area contributed by atoms with Gasteiger partial charge in [0.05, 0.1) is 36.9 Å². The van der Waals surface area contributed by atoms with Crippen LogP contribution in [0.25, 0.3) is 28.7 Å². The number of hydrogen-bond acceptors (Lipinski definition) is 7. The molecule has 5 rings (SSSR count). The van der Waals surface area contributed by atoms with E-state index in [1.165, 1.54) is 29.4 Å². The second-order valence-electron chi connectivity index (χ2n) is 9.11. The van der Waals surface area contributed by atoms with Gasteiger partial charge in [0.15, 0.2) is 5.76 Å². The maximum Gasteiger partial charge on any atom is 0.255 e. The predicted molar refractivity (Wildman–Crippen MR) is 131 cm³/mol. The van der Waals surface area contributed by atoms with Crippen molar-refractivity contribution in [2.75, 3.05) is 32.8 Å². The number of benzene rings is 1. The quantitative estimate of drug-likeness (QED) is 0.423. The SMILES string of the molecule is CC(C)(CNC(=O)c1cnn(-c2nccc(-c3ccccc3F)n2)c1-c1ccco1)N1CCOCC1. The largest absolute Gasteiger partial charge is 0.463 e. The fourth-order valence-electron chi connectivity index (χ4n) is 4.26. The highest BCUT2D eigenvalue weighted by atomic mass is 19.1. The maximum absolute atomic E-state index is 14.4. The van der Waals surface area contributed by atoms with Crippen LogP contribution in [-0.2, 0) is 4.74 Å². The summed E-state index contributed by atoms with van der Waals surface area (Å²) in [7, 11) is 0. The molecule has 36 heavy (non-hydrogen) atoms. The molecule has 0 aliphatic carbocycles. The first-order valence-electron chi connectivity index (χ1n) is 11.8. The van der Waals surface area contributed by atoms with Crippen LogP contribution >= 0.6 is 0 Å². The molecule has 0 spiro atoms. The Morgan fingerprint density at radius 3 is 2.69 bits per heavy atom. The molecule has 4 aromatic rings. The van der Waals surface area contributed by atoms with Gasteiger partial charge in [0, 0.05) is 36.9 Å². The van der Waals surface area contributed by atoms with E-state index in [-0.39, 0.29) is 17.4 Å². The van der Waals surface area contributed by atoms with Gasteiger partial charge in [0.25, 0.3) is 11.9 Å². The molecule has 10 heteroatoms. The highest BCUT2D eigenvalue weighted by Crippen LogP contribution is 2.28. The van der Waals surface area contributed by atoms with E-state index >= 15 is 0 Å². The number of hydrogen-bond donors (Lipinski definition) is 1. The lowest BCUT2D eigenvalue weighted by Gasteiger charge is -2.40. The summed E-state index contributed by atoms with van der Waals surface area (Å²) in [6.45, 7) is 7.61. The molecule has 1 aliphatic rings. The van der Waals surface area contributed by atoms with E-state index in [0.717, 1.165) is 13.1 Å². The number of nitrogens with one attached hydrogen (secondary N) is 1. The normalized spacial score (nSPS) is 14.6. The van der Waals surface area contributed by atoms with Crippen molar-refractivity contribution in [3.63, 3.8) is 0 Å². The van der Waals surface area contributed by atoms with E-state index in [4.69, 9.17) is 9.15 Å². The van der Waals surface area contributed by atoms with Crippen LogP contribution in [0.4, 0.5) is 4.39 Å². The molecule has 1 aromatic carbocycles. The van der Waals surface area contributed by atoms with Crippen molar-refractivity contribution < 1.29 is 18.3 Å². The summed E-state index contributed by atoms with van der Waals surface area (Å²) in [4.78, 5) is 24.5. The van der Waals surface area contributed by atoms with Gasteiger partial charge in [-0.3, -0.25) is 9.69 Å². The average Bonchev–Trinajstić information content (AvgIpc) is 3.58. The summed E-state index contributed by atoms with van der Waals surface area (Å²) in [5, 5.41) is 7.45. The maximum atomic E-state index is 14.4. The number of amides is 1. The summed E-state index contributed by atoms with van der Waals surface area (Å²) in [5.41, 5.74) is 1.22. The van der Waals surface area contributed by atoms with Gasteiger partial charge in [0.2, 0.25) is 0 Å². The van der Waals surface area contributed by atoms with E-state index < -0.39 is 5.82 Å². The molecule has 1 aliphatic heterocycles. The zero-order chi connectivity index (χ0) is 25.1. The number of morpholine rings is 1. The number of carbonyl (C=O) groups excluding carboxylic acids is 1. The number of rotatable bonds is 7. The number of aromatic nitrogens is 4. The topological polar surface area (TPSA) is 98.3 Å². The Morgan fingerprint density at radius 1 is 1.14 bits per heavy atom. The number of nitrogens with zero attached hydrogens (tertiary/aromatic N) is 5. The Hall–Kier alpha value is -3.89. The van der Waals surface area contributed by atoms with Crippen LogP contribution in [0.5, 0.6) is 0 Å². The van der Waals surface area contributed by atoms with E-state index in [2.05, 4.69) is 39.1 Å². The van der Waals surface area contributed by atoms with Crippen molar-refractivity contribution in [1.29, 1.82) is 0 Å². The molecular formula is C26H27FN6O3. The molecule has 1 N–H and O–H groups in total. The summed E-state index contributed by atoms with van der Waals surface area (Å²) >= 11 is 0. The van der Waals surface area contributed by atoms with E-state index in [1.807, 2.05) is 0 Å². The molecule has 0 unspecified atom stereocenters. The lowest BCUT2D eigenvalue weighted by molar-refractivity contribution is -0.00923. The van der Waals surface area contributed by atoms with Crippen molar-refractivity contribution in [1.82, 2.24) is 30.0 Å². The molecular weight excluding hydrogens is 463 g/mol. The summed E-state index contributed by atoms with van der Waals surface area (Å²) in [6, 6.07) is 11.5. The van der Waals surface area contributed by atoms with Gasteiger partial charge in [-0.05, 0) is 44.2 Å². The molecule has 1 fully saturated rings. The van der Waals surface area contributed by atoms with Crippen molar-refractivity contribution in [3.05, 3.63) is 72.5 Å². The molecule has 3 aromatic heterocycles. The molecule has 0 atom stereocenters. The highest BCUT2D eigenvalue weighted by molar-refractivity contribution is 5.99. The minimum atomic E-state index is -0.392. The van der Waals surface area contributed by atoms with Gasteiger partial charge in [-0.1, -0.05) is 12.1 Å². The van der Waals surface area contributed by atoms with E-state index in [1.54, 1.807) is 36.4 Å². The summed E-state index contributed by atoms with van der Waals surface area (Å²) in [5.74, 6) is -0.0594. The van der Waals surface area contributed by atoms with Crippen LogP contribution < -0.4 is 5.32 Å². The second-order valence-corrected chi connectivity index (χ2v) is 9.11. The molecule has 186 valence electrons. The minimum Gasteiger partial charge on any atom is -0.463 e. The molecule has 0 saturated carbocycles. The van der Waals surface area contributed by atoms with Crippen LogP contribution in [0, 0.1) is 5.82 Å². The standard InChI is InChI=1S/C26H27FN6O3/c1-26(2,32-11-14-35-15-12-32)17-29-24(34)19-16-30-33(23(19)22-8-5-13-36-22)25-28-10-9-21(31-25)18-6-3-4-7-20(18)27/h3-10,13,16H,11-12,14-15,17H2,1-2H3,(H,29,34). The Bertz CT molecular complexity index is 1350. The number of furan rings is 1. The van der Waals surface area contributed by atoms with Crippen LogP contribution in [0.15, 0.2) is 65.5 Å². The summed E-state index contributed by atoms with van der Waals surface area (Å²) in [6.07, 6.45) is 4.52. The highest BCUT2D eigenvalue weighted by Gasteiger charge is 2.30. The van der Waals surface area contributed by atoms with Gasteiger partial charge in [-0.2, -0.15) is 9.78 Å². The zero-order valence-electron chi connectivity index (χ0n) is 20.1. The predicted octanol–water partition coefficient (Wildman–Crippen LogP) is 3.57. The molecule has 9 nitrogen and oxygen atoms in total. The molecule has 0 bridgehead atoms. The number of halogens is 1. The Balaban J connectivity index is 1.46. The smallest absolute Gasteiger partial charge is 0.255 e. The zero-order valence-corrected chi connectivity index (χ0v) is 20.1.